The Morgan fingerprint density at radius 1 is 1.20 bits per heavy atom. The smallest absolute Gasteiger partial charge is 0.0639 e. The summed E-state index contributed by atoms with van der Waals surface area (Å²) in [6, 6.07) is 6.52. The van der Waals surface area contributed by atoms with E-state index in [0.29, 0.717) is 0 Å². The maximum Gasteiger partial charge on any atom is 0.0639 e. The highest BCUT2D eigenvalue weighted by Crippen LogP contribution is 2.21. The molecule has 0 saturated carbocycles. The number of nitrogens with two attached hydrogens (primary N) is 1. The van der Waals surface area contributed by atoms with Gasteiger partial charge in [-0.1, -0.05) is 17.9 Å². The molecule has 0 radical (unpaired) electrons. The van der Waals surface area contributed by atoms with E-state index in [0.717, 1.165) is 5.56 Å². The van der Waals surface area contributed by atoms with Crippen molar-refractivity contribution in [3.05, 3.63) is 34.9 Å². The Morgan fingerprint density at radius 2 is 1.93 bits per heavy atom. The van der Waals surface area contributed by atoms with Crippen LogP contribution in [0.1, 0.15) is 36.5 Å². The molecule has 0 amide bonds. The first-order valence-electron chi connectivity index (χ1n) is 5.64. The molecule has 1 aliphatic rings. The van der Waals surface area contributed by atoms with E-state index in [-0.39, 0.29) is 6.04 Å². The number of hydrogen-bond donors (Lipinski definition) is 1. The van der Waals surface area contributed by atoms with E-state index < -0.39 is 0 Å². The molecule has 78 valence electrons. The Bertz CT molecular complexity index is 407. The number of benzene rings is 1. The van der Waals surface area contributed by atoms with Gasteiger partial charge >= 0.3 is 0 Å². The van der Waals surface area contributed by atoms with Crippen LogP contribution in [-0.4, -0.2) is 6.04 Å². The van der Waals surface area contributed by atoms with Gasteiger partial charge in [-0.05, 0) is 55.9 Å². The molecule has 1 unspecified atom stereocenters. The van der Waals surface area contributed by atoms with Crippen LogP contribution in [0.2, 0.25) is 0 Å². The molecule has 0 bridgehead atoms. The Kier molecular flexibility index (Phi) is 3.08. The minimum absolute atomic E-state index is 0.0407. The Balaban J connectivity index is 2.25. The van der Waals surface area contributed by atoms with Gasteiger partial charge in [-0.15, -0.1) is 0 Å². The lowest BCUT2D eigenvalue weighted by Gasteiger charge is -2.15. The fourth-order valence-corrected chi connectivity index (χ4v) is 2.01. The average Bonchev–Trinajstić information content (AvgIpc) is 2.26. The highest BCUT2D eigenvalue weighted by Gasteiger charge is 2.08. The summed E-state index contributed by atoms with van der Waals surface area (Å²) in [5.74, 6) is 6.12. The molecule has 1 aromatic carbocycles. The van der Waals surface area contributed by atoms with Crippen LogP contribution in [0.3, 0.4) is 0 Å². The van der Waals surface area contributed by atoms with Crippen LogP contribution < -0.4 is 5.73 Å². The summed E-state index contributed by atoms with van der Waals surface area (Å²) in [5.41, 5.74) is 9.70. The molecule has 0 saturated heterocycles. The molecular weight excluding hydrogens is 182 g/mol. The maximum atomic E-state index is 5.60. The number of rotatable bonds is 0. The zero-order valence-electron chi connectivity index (χ0n) is 9.22. The zero-order valence-corrected chi connectivity index (χ0v) is 9.22. The fraction of sp³-hybridized carbons (Fsp3) is 0.429. The van der Waals surface area contributed by atoms with Gasteiger partial charge in [0.05, 0.1) is 6.04 Å². The summed E-state index contributed by atoms with van der Waals surface area (Å²) in [7, 11) is 0. The molecular formula is C14H17N. The van der Waals surface area contributed by atoms with E-state index >= 15 is 0 Å². The van der Waals surface area contributed by atoms with Crippen molar-refractivity contribution in [1.29, 1.82) is 0 Å². The largest absolute Gasteiger partial charge is 0.318 e. The third kappa shape index (κ3) is 2.61. The van der Waals surface area contributed by atoms with Crippen molar-refractivity contribution < 1.29 is 0 Å². The van der Waals surface area contributed by atoms with E-state index in [4.69, 9.17) is 5.73 Å². The van der Waals surface area contributed by atoms with Gasteiger partial charge in [0.1, 0.15) is 0 Å². The van der Waals surface area contributed by atoms with Gasteiger partial charge in [0.2, 0.25) is 0 Å². The highest BCUT2D eigenvalue weighted by molar-refractivity contribution is 5.42. The molecule has 1 aromatic rings. The monoisotopic (exact) mass is 199 g/mol. The third-order valence-corrected chi connectivity index (χ3v) is 2.79. The van der Waals surface area contributed by atoms with Gasteiger partial charge in [0.25, 0.3) is 0 Å². The van der Waals surface area contributed by atoms with Crippen molar-refractivity contribution in [2.45, 2.75) is 38.6 Å². The molecule has 0 heterocycles. The SMILES string of the molecule is CC(N)C#Cc1ccc2c(c1)CCCC2. The summed E-state index contributed by atoms with van der Waals surface area (Å²) < 4.78 is 0. The molecule has 1 atom stereocenters. The van der Waals surface area contributed by atoms with Crippen molar-refractivity contribution in [3.8, 4) is 11.8 Å². The van der Waals surface area contributed by atoms with E-state index in [1.807, 2.05) is 6.92 Å². The minimum atomic E-state index is -0.0407. The van der Waals surface area contributed by atoms with E-state index in [1.165, 1.54) is 36.8 Å². The first kappa shape index (κ1) is 10.3. The van der Waals surface area contributed by atoms with Crippen LogP contribution in [-0.2, 0) is 12.8 Å². The summed E-state index contributed by atoms with van der Waals surface area (Å²) in [5, 5.41) is 0. The van der Waals surface area contributed by atoms with Crippen molar-refractivity contribution in [1.82, 2.24) is 0 Å². The predicted molar refractivity (Wildman–Crippen MR) is 63.6 cm³/mol. The number of hydrogen-bond acceptors (Lipinski definition) is 1. The van der Waals surface area contributed by atoms with E-state index in [1.54, 1.807) is 0 Å². The summed E-state index contributed by atoms with van der Waals surface area (Å²) in [6.07, 6.45) is 5.09. The van der Waals surface area contributed by atoms with Crippen molar-refractivity contribution in [2.24, 2.45) is 5.73 Å². The first-order chi connectivity index (χ1) is 7.25. The van der Waals surface area contributed by atoms with Crippen LogP contribution in [0, 0.1) is 11.8 Å². The molecule has 1 aliphatic carbocycles. The minimum Gasteiger partial charge on any atom is -0.318 e. The number of fused-ring (bicyclic) bond motifs is 1. The second-order valence-corrected chi connectivity index (χ2v) is 4.25. The number of aryl methyl sites for hydroxylation is 2. The molecule has 0 aliphatic heterocycles. The average molecular weight is 199 g/mol. The predicted octanol–water partition coefficient (Wildman–Crippen LogP) is 2.26. The third-order valence-electron chi connectivity index (χ3n) is 2.79. The summed E-state index contributed by atoms with van der Waals surface area (Å²) in [6.45, 7) is 1.91. The topological polar surface area (TPSA) is 26.0 Å². The van der Waals surface area contributed by atoms with Crippen LogP contribution in [0.25, 0.3) is 0 Å². The zero-order chi connectivity index (χ0) is 10.7. The molecule has 15 heavy (non-hydrogen) atoms. The Labute approximate surface area is 91.7 Å². The second kappa shape index (κ2) is 4.51. The van der Waals surface area contributed by atoms with E-state index in [9.17, 15) is 0 Å². The fourth-order valence-electron chi connectivity index (χ4n) is 2.01. The second-order valence-electron chi connectivity index (χ2n) is 4.25. The van der Waals surface area contributed by atoms with Crippen molar-refractivity contribution >= 4 is 0 Å². The van der Waals surface area contributed by atoms with Gasteiger partial charge in [0.15, 0.2) is 0 Å². The van der Waals surface area contributed by atoms with Gasteiger partial charge < -0.3 is 5.73 Å². The molecule has 1 nitrogen and oxygen atoms in total. The van der Waals surface area contributed by atoms with Crippen LogP contribution in [0.15, 0.2) is 18.2 Å². The van der Waals surface area contributed by atoms with Crippen LogP contribution >= 0.6 is 0 Å². The van der Waals surface area contributed by atoms with Gasteiger partial charge in [0, 0.05) is 5.56 Å². The molecule has 2 rings (SSSR count). The quantitative estimate of drug-likeness (QED) is 0.637. The first-order valence-corrected chi connectivity index (χ1v) is 5.64. The molecule has 2 N–H and O–H groups in total. The van der Waals surface area contributed by atoms with Crippen molar-refractivity contribution in [2.75, 3.05) is 0 Å². The molecule has 0 spiro atoms. The Morgan fingerprint density at radius 3 is 2.67 bits per heavy atom. The van der Waals surface area contributed by atoms with E-state index in [2.05, 4.69) is 30.0 Å². The Hall–Kier alpha value is -1.26. The summed E-state index contributed by atoms with van der Waals surface area (Å²) in [4.78, 5) is 0. The van der Waals surface area contributed by atoms with Gasteiger partial charge in [-0.3, -0.25) is 0 Å². The molecule has 0 aromatic heterocycles. The standard InChI is InChI=1S/C14H17N/c1-11(15)6-7-12-8-9-13-4-2-3-5-14(13)10-12/h8-11H,2-5,15H2,1H3. The maximum absolute atomic E-state index is 5.60. The normalized spacial score (nSPS) is 16.1. The lowest BCUT2D eigenvalue weighted by Crippen LogP contribution is -2.11. The van der Waals surface area contributed by atoms with Gasteiger partial charge in [-0.25, -0.2) is 0 Å². The molecule has 1 heteroatoms. The lowest BCUT2D eigenvalue weighted by atomic mass is 9.90. The highest BCUT2D eigenvalue weighted by atomic mass is 14.6. The van der Waals surface area contributed by atoms with Crippen LogP contribution in [0.4, 0.5) is 0 Å². The summed E-state index contributed by atoms with van der Waals surface area (Å²) >= 11 is 0. The van der Waals surface area contributed by atoms with Crippen molar-refractivity contribution in [3.63, 3.8) is 0 Å². The van der Waals surface area contributed by atoms with Crippen LogP contribution in [0.5, 0.6) is 0 Å². The molecule has 0 fully saturated rings. The van der Waals surface area contributed by atoms with Gasteiger partial charge in [-0.2, -0.15) is 0 Å². The lowest BCUT2D eigenvalue weighted by molar-refractivity contribution is 0.685.